The molecule has 0 fully saturated rings. The van der Waals surface area contributed by atoms with E-state index in [1.807, 2.05) is 42.5 Å². The fourth-order valence-electron chi connectivity index (χ4n) is 3.43. The average Bonchev–Trinajstić information content (AvgIpc) is 2.78. The van der Waals surface area contributed by atoms with Gasteiger partial charge in [0.1, 0.15) is 11.9 Å². The first-order chi connectivity index (χ1) is 15.0. The Morgan fingerprint density at radius 2 is 1.61 bits per heavy atom. The zero-order valence-corrected chi connectivity index (χ0v) is 18.0. The van der Waals surface area contributed by atoms with E-state index in [9.17, 15) is 14.0 Å². The number of amides is 2. The zero-order chi connectivity index (χ0) is 22.2. The Bertz CT molecular complexity index is 1030. The Kier molecular flexibility index (Phi) is 7.79. The molecule has 1 atom stereocenters. The van der Waals surface area contributed by atoms with Gasteiger partial charge >= 0.3 is 0 Å². The molecular formula is C25H24ClFN2O2. The van der Waals surface area contributed by atoms with Crippen molar-refractivity contribution in [3.8, 4) is 0 Å². The molecule has 0 aliphatic rings. The summed E-state index contributed by atoms with van der Waals surface area (Å²) < 4.78 is 13.3. The lowest BCUT2D eigenvalue weighted by atomic mass is 10.0. The van der Waals surface area contributed by atoms with Crippen LogP contribution in [0.5, 0.6) is 0 Å². The highest BCUT2D eigenvalue weighted by atomic mass is 35.5. The predicted octanol–water partition coefficient (Wildman–Crippen LogP) is 4.41. The van der Waals surface area contributed by atoms with E-state index in [1.165, 1.54) is 12.1 Å². The van der Waals surface area contributed by atoms with Crippen LogP contribution in [-0.2, 0) is 29.0 Å². The molecule has 160 valence electrons. The summed E-state index contributed by atoms with van der Waals surface area (Å²) in [7, 11) is 1.56. The van der Waals surface area contributed by atoms with E-state index in [1.54, 1.807) is 36.2 Å². The van der Waals surface area contributed by atoms with E-state index in [-0.39, 0.29) is 30.6 Å². The Balaban J connectivity index is 1.93. The van der Waals surface area contributed by atoms with Crippen molar-refractivity contribution in [1.82, 2.24) is 10.2 Å². The molecule has 0 saturated heterocycles. The summed E-state index contributed by atoms with van der Waals surface area (Å²) >= 11 is 6.13. The molecule has 3 aromatic carbocycles. The summed E-state index contributed by atoms with van der Waals surface area (Å²) in [5, 5.41) is 3.24. The second kappa shape index (κ2) is 10.7. The van der Waals surface area contributed by atoms with Crippen molar-refractivity contribution < 1.29 is 14.0 Å². The van der Waals surface area contributed by atoms with Gasteiger partial charge in [-0.15, -0.1) is 0 Å². The Labute approximate surface area is 186 Å². The van der Waals surface area contributed by atoms with Crippen molar-refractivity contribution in [3.05, 3.63) is 106 Å². The number of benzene rings is 3. The smallest absolute Gasteiger partial charge is 0.242 e. The Hall–Kier alpha value is -3.18. The molecule has 0 heterocycles. The van der Waals surface area contributed by atoms with Crippen LogP contribution in [0.4, 0.5) is 4.39 Å². The maximum Gasteiger partial charge on any atom is 0.242 e. The molecule has 1 N–H and O–H groups in total. The molecule has 3 aromatic rings. The third-order valence-electron chi connectivity index (χ3n) is 5.03. The maximum absolute atomic E-state index is 13.4. The van der Waals surface area contributed by atoms with Gasteiger partial charge in [-0.05, 0) is 41.0 Å². The minimum absolute atomic E-state index is 0.0587. The summed E-state index contributed by atoms with van der Waals surface area (Å²) in [6.07, 6.45) is 0.430. The number of halogens is 2. The molecule has 3 rings (SSSR count). The molecule has 0 aromatic heterocycles. The molecule has 0 bridgehead atoms. The van der Waals surface area contributed by atoms with Gasteiger partial charge in [-0.2, -0.15) is 0 Å². The van der Waals surface area contributed by atoms with E-state index in [0.717, 1.165) is 11.1 Å². The minimum Gasteiger partial charge on any atom is -0.357 e. The fraction of sp³-hybridized carbons (Fsp3) is 0.200. The van der Waals surface area contributed by atoms with E-state index in [2.05, 4.69) is 5.32 Å². The summed E-state index contributed by atoms with van der Waals surface area (Å²) in [6.45, 7) is 0.228. The maximum atomic E-state index is 13.4. The predicted molar refractivity (Wildman–Crippen MR) is 120 cm³/mol. The number of hydrogen-bond donors (Lipinski definition) is 1. The van der Waals surface area contributed by atoms with Crippen molar-refractivity contribution in [3.63, 3.8) is 0 Å². The van der Waals surface area contributed by atoms with Gasteiger partial charge in [-0.3, -0.25) is 9.59 Å². The molecule has 0 spiro atoms. The molecule has 2 amide bonds. The van der Waals surface area contributed by atoms with Gasteiger partial charge in [0, 0.05) is 25.0 Å². The van der Waals surface area contributed by atoms with Crippen molar-refractivity contribution in [2.24, 2.45) is 0 Å². The number of rotatable bonds is 8. The fourth-order valence-corrected chi connectivity index (χ4v) is 3.64. The van der Waals surface area contributed by atoms with Crippen LogP contribution in [0.3, 0.4) is 0 Å². The number of hydrogen-bond acceptors (Lipinski definition) is 2. The zero-order valence-electron chi connectivity index (χ0n) is 17.2. The van der Waals surface area contributed by atoms with E-state index in [4.69, 9.17) is 11.6 Å². The lowest BCUT2D eigenvalue weighted by Gasteiger charge is -2.31. The number of nitrogens with one attached hydrogen (secondary N) is 1. The van der Waals surface area contributed by atoms with Gasteiger partial charge in [-0.25, -0.2) is 4.39 Å². The normalized spacial score (nSPS) is 11.6. The van der Waals surface area contributed by atoms with Gasteiger partial charge in [0.15, 0.2) is 0 Å². The largest absolute Gasteiger partial charge is 0.357 e. The standard InChI is InChI=1S/C25H24ClFN2O2/c1-28-25(31)23(15-18-6-3-2-4-7-18)29(17-20-8-5-9-21(26)14-20)24(30)16-19-10-12-22(27)13-11-19/h2-14,23H,15-17H2,1H3,(H,28,31). The van der Waals surface area contributed by atoms with E-state index < -0.39 is 6.04 Å². The first-order valence-corrected chi connectivity index (χ1v) is 10.4. The molecule has 4 nitrogen and oxygen atoms in total. The quantitative estimate of drug-likeness (QED) is 0.566. The van der Waals surface area contributed by atoms with Crippen LogP contribution in [-0.4, -0.2) is 29.8 Å². The number of likely N-dealkylation sites (N-methyl/N-ethyl adjacent to an activating group) is 1. The summed E-state index contributed by atoms with van der Waals surface area (Å²) in [4.78, 5) is 27.8. The lowest BCUT2D eigenvalue weighted by Crippen LogP contribution is -2.50. The summed E-state index contributed by atoms with van der Waals surface area (Å²) in [5.41, 5.74) is 2.45. The van der Waals surface area contributed by atoms with Gasteiger partial charge < -0.3 is 10.2 Å². The highest BCUT2D eigenvalue weighted by Crippen LogP contribution is 2.18. The summed E-state index contributed by atoms with van der Waals surface area (Å²) in [5.74, 6) is -0.839. The van der Waals surface area contributed by atoms with Gasteiger partial charge in [0.2, 0.25) is 11.8 Å². The highest BCUT2D eigenvalue weighted by molar-refractivity contribution is 6.30. The highest BCUT2D eigenvalue weighted by Gasteiger charge is 2.29. The molecule has 0 aliphatic carbocycles. The van der Waals surface area contributed by atoms with Crippen LogP contribution in [0, 0.1) is 5.82 Å². The monoisotopic (exact) mass is 438 g/mol. The van der Waals surface area contributed by atoms with Gasteiger partial charge in [-0.1, -0.05) is 66.2 Å². The first kappa shape index (κ1) is 22.5. The van der Waals surface area contributed by atoms with Crippen molar-refractivity contribution in [1.29, 1.82) is 0 Å². The van der Waals surface area contributed by atoms with Crippen molar-refractivity contribution >= 4 is 23.4 Å². The van der Waals surface area contributed by atoms with Crippen LogP contribution in [0.1, 0.15) is 16.7 Å². The van der Waals surface area contributed by atoms with Gasteiger partial charge in [0.05, 0.1) is 6.42 Å². The van der Waals surface area contributed by atoms with Gasteiger partial charge in [0.25, 0.3) is 0 Å². The number of carbonyl (C=O) groups is 2. The first-order valence-electron chi connectivity index (χ1n) is 10.00. The average molecular weight is 439 g/mol. The molecule has 0 aliphatic heterocycles. The third kappa shape index (κ3) is 6.40. The molecular weight excluding hydrogens is 415 g/mol. The molecule has 1 unspecified atom stereocenters. The van der Waals surface area contributed by atoms with Crippen LogP contribution < -0.4 is 5.32 Å². The van der Waals surface area contributed by atoms with Crippen molar-refractivity contribution in [2.75, 3.05) is 7.05 Å². The topological polar surface area (TPSA) is 49.4 Å². The van der Waals surface area contributed by atoms with Crippen LogP contribution >= 0.6 is 11.6 Å². The molecule has 0 saturated carbocycles. The van der Waals surface area contributed by atoms with Crippen LogP contribution in [0.2, 0.25) is 5.02 Å². The molecule has 6 heteroatoms. The molecule has 0 radical (unpaired) electrons. The molecule has 31 heavy (non-hydrogen) atoms. The van der Waals surface area contributed by atoms with E-state index in [0.29, 0.717) is 17.0 Å². The Morgan fingerprint density at radius 3 is 2.26 bits per heavy atom. The second-order valence-corrected chi connectivity index (χ2v) is 7.71. The number of nitrogens with zero attached hydrogens (tertiary/aromatic N) is 1. The Morgan fingerprint density at radius 1 is 0.935 bits per heavy atom. The SMILES string of the molecule is CNC(=O)C(Cc1ccccc1)N(Cc1cccc(Cl)c1)C(=O)Cc1ccc(F)cc1. The number of carbonyl (C=O) groups excluding carboxylic acids is 2. The van der Waals surface area contributed by atoms with Crippen molar-refractivity contribution in [2.45, 2.75) is 25.4 Å². The second-order valence-electron chi connectivity index (χ2n) is 7.27. The third-order valence-corrected chi connectivity index (χ3v) is 5.26. The summed E-state index contributed by atoms with van der Waals surface area (Å²) in [6, 6.07) is 21.9. The minimum atomic E-state index is -0.709. The van der Waals surface area contributed by atoms with Crippen LogP contribution in [0.15, 0.2) is 78.9 Å². The lowest BCUT2D eigenvalue weighted by molar-refractivity contribution is -0.140. The van der Waals surface area contributed by atoms with Crippen LogP contribution in [0.25, 0.3) is 0 Å². The van der Waals surface area contributed by atoms with E-state index >= 15 is 0 Å².